The van der Waals surface area contributed by atoms with Crippen LogP contribution in [0.3, 0.4) is 0 Å². The zero-order chi connectivity index (χ0) is 29.8. The number of carbonyl (C=O) groups is 5. The fourth-order valence-corrected chi connectivity index (χ4v) is 4.07. The molecule has 0 saturated heterocycles. The third-order valence-electron chi connectivity index (χ3n) is 6.18. The van der Waals surface area contributed by atoms with Crippen LogP contribution in [0.25, 0.3) is 0 Å². The van der Waals surface area contributed by atoms with Gasteiger partial charge in [0, 0.05) is 31.2 Å². The molecule has 4 unspecified atom stereocenters. The Morgan fingerprint density at radius 3 is 1.68 bits per heavy atom. The van der Waals surface area contributed by atoms with Crippen molar-refractivity contribution in [3.8, 4) is 0 Å². The van der Waals surface area contributed by atoms with Gasteiger partial charge in [-0.3, -0.25) is 19.2 Å². The number of aromatic amines is 1. The highest BCUT2D eigenvalue weighted by Crippen LogP contribution is 2.08. The Kier molecular flexibility index (Phi) is 11.1. The van der Waals surface area contributed by atoms with Crippen LogP contribution in [-0.2, 0) is 43.2 Å². The van der Waals surface area contributed by atoms with Crippen LogP contribution in [0.4, 0.5) is 0 Å². The van der Waals surface area contributed by atoms with Crippen molar-refractivity contribution in [3.05, 3.63) is 90.0 Å². The SMILES string of the molecule is NC(=O)CC(NC(=O)C(Cc1ccccc1)NC(=O)C(Cc1ccccc1)NC(=O)C(N)Cc1cnc[nH]1)C(=O)O. The van der Waals surface area contributed by atoms with E-state index in [1.807, 2.05) is 6.07 Å². The highest BCUT2D eigenvalue weighted by atomic mass is 16.4. The number of hydrogen-bond donors (Lipinski definition) is 7. The quantitative estimate of drug-likeness (QED) is 0.123. The number of primary amides is 1. The number of nitrogens with zero attached hydrogens (tertiary/aromatic N) is 1. The van der Waals surface area contributed by atoms with Gasteiger partial charge in [0.2, 0.25) is 23.6 Å². The molecule has 9 N–H and O–H groups in total. The van der Waals surface area contributed by atoms with Crippen molar-refractivity contribution >= 4 is 29.6 Å². The second-order valence-electron chi connectivity index (χ2n) is 9.46. The molecule has 2 aromatic carbocycles. The van der Waals surface area contributed by atoms with E-state index in [2.05, 4.69) is 25.9 Å². The van der Waals surface area contributed by atoms with E-state index in [-0.39, 0.29) is 19.3 Å². The minimum Gasteiger partial charge on any atom is -0.480 e. The summed E-state index contributed by atoms with van der Waals surface area (Å²) < 4.78 is 0. The van der Waals surface area contributed by atoms with Crippen molar-refractivity contribution in [1.29, 1.82) is 0 Å². The number of amides is 4. The molecule has 216 valence electrons. The number of rotatable bonds is 15. The third kappa shape index (κ3) is 9.89. The number of nitrogens with two attached hydrogens (primary N) is 2. The molecular weight excluding hydrogens is 530 g/mol. The predicted octanol–water partition coefficient (Wildman–Crippen LogP) is -0.821. The van der Waals surface area contributed by atoms with Gasteiger partial charge in [-0.15, -0.1) is 0 Å². The van der Waals surface area contributed by atoms with E-state index in [1.54, 1.807) is 54.6 Å². The van der Waals surface area contributed by atoms with E-state index < -0.39 is 60.2 Å². The fraction of sp³-hybridized carbons (Fsp3) is 0.286. The first kappa shape index (κ1) is 30.5. The molecule has 41 heavy (non-hydrogen) atoms. The molecule has 3 rings (SSSR count). The lowest BCUT2D eigenvalue weighted by atomic mass is 10.0. The van der Waals surface area contributed by atoms with Crippen LogP contribution < -0.4 is 27.4 Å². The monoisotopic (exact) mass is 563 g/mol. The van der Waals surface area contributed by atoms with Gasteiger partial charge in [-0.05, 0) is 11.1 Å². The first-order valence-corrected chi connectivity index (χ1v) is 12.8. The van der Waals surface area contributed by atoms with Crippen LogP contribution >= 0.6 is 0 Å². The lowest BCUT2D eigenvalue weighted by Crippen LogP contribution is -2.58. The lowest BCUT2D eigenvalue weighted by molar-refractivity contribution is -0.143. The molecule has 13 heteroatoms. The Balaban J connectivity index is 1.82. The number of carboxylic acid groups (broad SMARTS) is 1. The maximum absolute atomic E-state index is 13.6. The van der Waals surface area contributed by atoms with Crippen LogP contribution in [-0.4, -0.2) is 68.8 Å². The van der Waals surface area contributed by atoms with Gasteiger partial charge in [0.05, 0.1) is 18.8 Å². The number of nitrogens with one attached hydrogen (secondary N) is 4. The van der Waals surface area contributed by atoms with Crippen LogP contribution in [0.1, 0.15) is 23.2 Å². The minimum absolute atomic E-state index is 0.00661. The Hall–Kier alpha value is -5.04. The Morgan fingerprint density at radius 1 is 0.756 bits per heavy atom. The van der Waals surface area contributed by atoms with Gasteiger partial charge < -0.3 is 37.5 Å². The first-order chi connectivity index (χ1) is 19.6. The Bertz CT molecular complexity index is 1320. The van der Waals surface area contributed by atoms with Gasteiger partial charge >= 0.3 is 5.97 Å². The summed E-state index contributed by atoms with van der Waals surface area (Å²) in [7, 11) is 0. The van der Waals surface area contributed by atoms with Gasteiger partial charge in [-0.1, -0.05) is 60.7 Å². The Morgan fingerprint density at radius 2 is 1.24 bits per heavy atom. The highest BCUT2D eigenvalue weighted by Gasteiger charge is 2.31. The number of H-pyrrole nitrogens is 1. The van der Waals surface area contributed by atoms with Crippen LogP contribution in [0.2, 0.25) is 0 Å². The Labute approximate surface area is 236 Å². The lowest BCUT2D eigenvalue weighted by Gasteiger charge is -2.25. The number of aromatic nitrogens is 2. The zero-order valence-corrected chi connectivity index (χ0v) is 22.2. The predicted molar refractivity (Wildman–Crippen MR) is 148 cm³/mol. The standard InChI is InChI=1S/C28H33N7O6/c29-20(13-19-15-31-16-32-19)25(37)33-21(11-17-7-3-1-4-8-17)26(38)34-22(12-18-9-5-2-6-10-18)27(39)35-23(28(40)41)14-24(30)36/h1-10,15-16,20-23H,11-14,29H2,(H2,30,36)(H,31,32)(H,33,37)(H,34,38)(H,35,39)(H,40,41). The normalized spacial score (nSPS) is 13.7. The van der Waals surface area contributed by atoms with Crippen molar-refractivity contribution in [2.24, 2.45) is 11.5 Å². The average molecular weight is 564 g/mol. The zero-order valence-electron chi connectivity index (χ0n) is 22.2. The number of carbonyl (C=O) groups excluding carboxylic acids is 4. The smallest absolute Gasteiger partial charge is 0.326 e. The maximum atomic E-state index is 13.6. The molecule has 0 aliphatic carbocycles. The number of carboxylic acids is 1. The molecule has 0 fully saturated rings. The summed E-state index contributed by atoms with van der Waals surface area (Å²) in [6.45, 7) is 0. The maximum Gasteiger partial charge on any atom is 0.326 e. The van der Waals surface area contributed by atoms with E-state index in [1.165, 1.54) is 12.5 Å². The topological polar surface area (TPSA) is 222 Å². The van der Waals surface area contributed by atoms with Gasteiger partial charge in [0.15, 0.2) is 0 Å². The van der Waals surface area contributed by atoms with E-state index in [0.29, 0.717) is 11.3 Å². The van der Waals surface area contributed by atoms with E-state index >= 15 is 0 Å². The molecule has 1 aromatic heterocycles. The third-order valence-corrected chi connectivity index (χ3v) is 6.18. The summed E-state index contributed by atoms with van der Waals surface area (Å²) in [6, 6.07) is 12.8. The van der Waals surface area contributed by atoms with Crippen LogP contribution in [0, 0.1) is 0 Å². The molecule has 0 aliphatic heterocycles. The number of benzene rings is 2. The van der Waals surface area contributed by atoms with E-state index in [4.69, 9.17) is 11.5 Å². The van der Waals surface area contributed by atoms with Crippen molar-refractivity contribution in [2.45, 2.75) is 49.9 Å². The molecule has 0 radical (unpaired) electrons. The van der Waals surface area contributed by atoms with Crippen molar-refractivity contribution in [3.63, 3.8) is 0 Å². The minimum atomic E-state index is -1.59. The summed E-state index contributed by atoms with van der Waals surface area (Å²) in [4.78, 5) is 69.5. The number of imidazole rings is 1. The van der Waals surface area contributed by atoms with Crippen molar-refractivity contribution < 1.29 is 29.1 Å². The molecular formula is C28H33N7O6. The number of aliphatic carboxylic acids is 1. The average Bonchev–Trinajstić information content (AvgIpc) is 3.45. The highest BCUT2D eigenvalue weighted by molar-refractivity contribution is 5.95. The molecule has 4 atom stereocenters. The summed E-state index contributed by atoms with van der Waals surface area (Å²) in [5.74, 6) is -4.49. The molecule has 0 bridgehead atoms. The molecule has 4 amide bonds. The van der Waals surface area contributed by atoms with Crippen LogP contribution in [0.5, 0.6) is 0 Å². The van der Waals surface area contributed by atoms with Gasteiger partial charge in [-0.2, -0.15) is 0 Å². The van der Waals surface area contributed by atoms with E-state index in [9.17, 15) is 29.1 Å². The summed E-state index contributed by atoms with van der Waals surface area (Å²) in [6.07, 6.45) is 2.62. The molecule has 3 aromatic rings. The molecule has 13 nitrogen and oxygen atoms in total. The molecule has 0 aliphatic rings. The second kappa shape index (κ2) is 14.9. The summed E-state index contributed by atoms with van der Waals surface area (Å²) in [5, 5.41) is 17.0. The first-order valence-electron chi connectivity index (χ1n) is 12.8. The molecule has 0 saturated carbocycles. The van der Waals surface area contributed by atoms with Gasteiger partial charge in [0.25, 0.3) is 0 Å². The van der Waals surface area contributed by atoms with E-state index in [0.717, 1.165) is 5.56 Å². The largest absolute Gasteiger partial charge is 0.480 e. The fourth-order valence-electron chi connectivity index (χ4n) is 4.07. The van der Waals surface area contributed by atoms with Crippen LogP contribution in [0.15, 0.2) is 73.2 Å². The van der Waals surface area contributed by atoms with Gasteiger partial charge in [0.1, 0.15) is 18.1 Å². The second-order valence-corrected chi connectivity index (χ2v) is 9.46. The van der Waals surface area contributed by atoms with Crippen molar-refractivity contribution in [2.75, 3.05) is 0 Å². The number of hydrogen-bond acceptors (Lipinski definition) is 7. The summed E-state index contributed by atoms with van der Waals surface area (Å²) >= 11 is 0. The summed E-state index contributed by atoms with van der Waals surface area (Å²) in [5.41, 5.74) is 13.3. The van der Waals surface area contributed by atoms with Gasteiger partial charge in [-0.25, -0.2) is 9.78 Å². The van der Waals surface area contributed by atoms with Crippen molar-refractivity contribution in [1.82, 2.24) is 25.9 Å². The molecule has 1 heterocycles. The molecule has 0 spiro atoms.